The molecule has 96 valence electrons. The first-order valence-electron chi connectivity index (χ1n) is 5.50. The fourth-order valence-electron chi connectivity index (χ4n) is 1.96. The standard InChI is InChI=1S/C10H20O6/c1-3-15-9-5(11)7(13)10(16-4-2)8(14)6(9)12/h5-14H,3-4H2,1-2H3/t5-,6+,7-,8+,9-,10+. The highest BCUT2D eigenvalue weighted by Crippen LogP contribution is 2.25. The van der Waals surface area contributed by atoms with Gasteiger partial charge in [0.2, 0.25) is 0 Å². The molecule has 0 aromatic rings. The summed E-state index contributed by atoms with van der Waals surface area (Å²) in [4.78, 5) is 0. The van der Waals surface area contributed by atoms with Gasteiger partial charge in [0.1, 0.15) is 36.6 Å². The number of aliphatic hydroxyl groups excluding tert-OH is 4. The summed E-state index contributed by atoms with van der Waals surface area (Å²) in [6, 6.07) is 0. The molecule has 0 amide bonds. The Hall–Kier alpha value is -0.240. The number of hydrogen-bond acceptors (Lipinski definition) is 6. The minimum Gasteiger partial charge on any atom is -0.387 e. The Kier molecular flexibility index (Phi) is 5.10. The third-order valence-electron chi connectivity index (χ3n) is 2.76. The van der Waals surface area contributed by atoms with Crippen molar-refractivity contribution >= 4 is 0 Å². The molecule has 0 spiro atoms. The van der Waals surface area contributed by atoms with Gasteiger partial charge in [-0.05, 0) is 13.8 Å². The molecular weight excluding hydrogens is 216 g/mol. The Morgan fingerprint density at radius 1 is 0.688 bits per heavy atom. The summed E-state index contributed by atoms with van der Waals surface area (Å²) < 4.78 is 10.2. The minimum absolute atomic E-state index is 0.275. The van der Waals surface area contributed by atoms with Gasteiger partial charge in [-0.1, -0.05) is 0 Å². The Morgan fingerprint density at radius 2 is 0.938 bits per heavy atom. The highest BCUT2D eigenvalue weighted by atomic mass is 16.5. The average Bonchev–Trinajstić information content (AvgIpc) is 2.28. The Bertz CT molecular complexity index is 173. The predicted octanol–water partition coefficient (Wildman–Crippen LogP) is -1.75. The van der Waals surface area contributed by atoms with E-state index in [0.29, 0.717) is 0 Å². The van der Waals surface area contributed by atoms with Crippen molar-refractivity contribution in [2.45, 2.75) is 50.5 Å². The van der Waals surface area contributed by atoms with Crippen molar-refractivity contribution in [2.75, 3.05) is 13.2 Å². The first-order chi connectivity index (χ1) is 7.54. The molecule has 6 atom stereocenters. The number of ether oxygens (including phenoxy) is 2. The van der Waals surface area contributed by atoms with Gasteiger partial charge < -0.3 is 29.9 Å². The fraction of sp³-hybridized carbons (Fsp3) is 1.00. The van der Waals surface area contributed by atoms with E-state index in [1.165, 1.54) is 0 Å². The van der Waals surface area contributed by atoms with E-state index in [4.69, 9.17) is 9.47 Å². The van der Waals surface area contributed by atoms with E-state index < -0.39 is 36.6 Å². The second-order valence-corrected chi connectivity index (χ2v) is 3.80. The van der Waals surface area contributed by atoms with Crippen molar-refractivity contribution in [3.05, 3.63) is 0 Å². The summed E-state index contributed by atoms with van der Waals surface area (Å²) in [5.74, 6) is 0. The van der Waals surface area contributed by atoms with Crippen molar-refractivity contribution in [3.63, 3.8) is 0 Å². The first-order valence-corrected chi connectivity index (χ1v) is 5.50. The monoisotopic (exact) mass is 236 g/mol. The second kappa shape index (κ2) is 5.90. The summed E-state index contributed by atoms with van der Waals surface area (Å²) in [5.41, 5.74) is 0. The van der Waals surface area contributed by atoms with Crippen molar-refractivity contribution in [2.24, 2.45) is 0 Å². The fourth-order valence-corrected chi connectivity index (χ4v) is 1.96. The zero-order valence-electron chi connectivity index (χ0n) is 9.48. The van der Waals surface area contributed by atoms with Crippen LogP contribution in [-0.2, 0) is 9.47 Å². The molecule has 6 heteroatoms. The van der Waals surface area contributed by atoms with Crippen LogP contribution in [0.15, 0.2) is 0 Å². The van der Waals surface area contributed by atoms with E-state index in [-0.39, 0.29) is 13.2 Å². The van der Waals surface area contributed by atoms with E-state index in [2.05, 4.69) is 0 Å². The molecule has 1 fully saturated rings. The molecule has 16 heavy (non-hydrogen) atoms. The molecule has 0 bridgehead atoms. The lowest BCUT2D eigenvalue weighted by Crippen LogP contribution is -2.65. The van der Waals surface area contributed by atoms with E-state index in [9.17, 15) is 20.4 Å². The van der Waals surface area contributed by atoms with Gasteiger partial charge in [-0.3, -0.25) is 0 Å². The molecule has 1 aliphatic carbocycles. The quantitative estimate of drug-likeness (QED) is 0.462. The van der Waals surface area contributed by atoms with Gasteiger partial charge in [-0.15, -0.1) is 0 Å². The molecule has 4 N–H and O–H groups in total. The van der Waals surface area contributed by atoms with Crippen LogP contribution in [0.2, 0.25) is 0 Å². The normalized spacial score (nSPS) is 44.6. The minimum atomic E-state index is -1.27. The van der Waals surface area contributed by atoms with Gasteiger partial charge in [0, 0.05) is 13.2 Å². The maximum atomic E-state index is 9.73. The summed E-state index contributed by atoms with van der Waals surface area (Å²) >= 11 is 0. The van der Waals surface area contributed by atoms with Gasteiger partial charge in [0.05, 0.1) is 0 Å². The van der Waals surface area contributed by atoms with Crippen molar-refractivity contribution in [3.8, 4) is 0 Å². The lowest BCUT2D eigenvalue weighted by atomic mass is 9.84. The van der Waals surface area contributed by atoms with Crippen LogP contribution in [0.5, 0.6) is 0 Å². The van der Waals surface area contributed by atoms with Gasteiger partial charge in [0.15, 0.2) is 0 Å². The van der Waals surface area contributed by atoms with E-state index in [1.54, 1.807) is 13.8 Å². The van der Waals surface area contributed by atoms with Crippen molar-refractivity contribution in [1.82, 2.24) is 0 Å². The van der Waals surface area contributed by atoms with Crippen LogP contribution < -0.4 is 0 Å². The maximum absolute atomic E-state index is 9.73. The number of hydrogen-bond donors (Lipinski definition) is 4. The van der Waals surface area contributed by atoms with Crippen LogP contribution >= 0.6 is 0 Å². The summed E-state index contributed by atoms with van der Waals surface area (Å²) in [6.45, 7) is 3.95. The molecule has 0 aromatic carbocycles. The second-order valence-electron chi connectivity index (χ2n) is 3.80. The molecule has 1 saturated carbocycles. The van der Waals surface area contributed by atoms with Crippen molar-refractivity contribution in [1.29, 1.82) is 0 Å². The molecule has 6 nitrogen and oxygen atoms in total. The van der Waals surface area contributed by atoms with Crippen LogP contribution in [-0.4, -0.2) is 70.3 Å². The van der Waals surface area contributed by atoms with Gasteiger partial charge >= 0.3 is 0 Å². The average molecular weight is 236 g/mol. The van der Waals surface area contributed by atoms with E-state index in [1.807, 2.05) is 0 Å². The Morgan fingerprint density at radius 3 is 1.12 bits per heavy atom. The van der Waals surface area contributed by atoms with Crippen LogP contribution in [0.4, 0.5) is 0 Å². The SMILES string of the molecule is CCO[C@@H]1[C@H](O)[C@@H](O)[C@H](OCC)[C@@H](O)[C@@H]1O. The van der Waals surface area contributed by atoms with Gasteiger partial charge in [0.25, 0.3) is 0 Å². The first kappa shape index (κ1) is 13.8. The number of aliphatic hydroxyl groups is 4. The maximum Gasteiger partial charge on any atom is 0.114 e. The number of rotatable bonds is 4. The molecule has 0 saturated heterocycles. The van der Waals surface area contributed by atoms with Crippen molar-refractivity contribution < 1.29 is 29.9 Å². The summed E-state index contributed by atoms with van der Waals surface area (Å²) in [5, 5.41) is 38.9. The van der Waals surface area contributed by atoms with Crippen LogP contribution in [0.1, 0.15) is 13.8 Å². The van der Waals surface area contributed by atoms with Gasteiger partial charge in [-0.2, -0.15) is 0 Å². The molecule has 0 aromatic heterocycles. The predicted molar refractivity (Wildman–Crippen MR) is 54.9 cm³/mol. The highest BCUT2D eigenvalue weighted by molar-refractivity contribution is 5.00. The Balaban J connectivity index is 2.77. The van der Waals surface area contributed by atoms with Gasteiger partial charge in [-0.25, -0.2) is 0 Å². The zero-order valence-corrected chi connectivity index (χ0v) is 9.48. The van der Waals surface area contributed by atoms with E-state index >= 15 is 0 Å². The zero-order chi connectivity index (χ0) is 12.3. The summed E-state index contributed by atoms with van der Waals surface area (Å²) in [6.07, 6.45) is -7.06. The highest BCUT2D eigenvalue weighted by Gasteiger charge is 2.49. The summed E-state index contributed by atoms with van der Waals surface area (Å²) in [7, 11) is 0. The smallest absolute Gasteiger partial charge is 0.114 e. The molecule has 1 rings (SSSR count). The van der Waals surface area contributed by atoms with Crippen LogP contribution in [0.3, 0.4) is 0 Å². The van der Waals surface area contributed by atoms with E-state index in [0.717, 1.165) is 0 Å². The molecule has 1 aliphatic rings. The van der Waals surface area contributed by atoms with Crippen LogP contribution in [0.25, 0.3) is 0 Å². The largest absolute Gasteiger partial charge is 0.387 e. The topological polar surface area (TPSA) is 99.4 Å². The third kappa shape index (κ3) is 2.53. The Labute approximate surface area is 94.4 Å². The third-order valence-corrected chi connectivity index (χ3v) is 2.76. The molecule has 0 aliphatic heterocycles. The molecule has 0 radical (unpaired) electrons. The van der Waals surface area contributed by atoms with Crippen LogP contribution in [0, 0.1) is 0 Å². The molecule has 0 unspecified atom stereocenters. The lowest BCUT2D eigenvalue weighted by Gasteiger charge is -2.43. The molecular formula is C10H20O6. The lowest BCUT2D eigenvalue weighted by molar-refractivity contribution is -0.244. The molecule has 0 heterocycles.